The largest absolute Gasteiger partial charge is 0.479 e. The van der Waals surface area contributed by atoms with E-state index in [1.807, 2.05) is 0 Å². The van der Waals surface area contributed by atoms with Crippen molar-refractivity contribution in [3.05, 3.63) is 42.1 Å². The molecular weight excluding hydrogens is 272 g/mol. The van der Waals surface area contributed by atoms with Crippen LogP contribution in [0.15, 0.2) is 36.5 Å². The Hall–Kier alpha value is -2.47. The van der Waals surface area contributed by atoms with Crippen LogP contribution in [-0.4, -0.2) is 40.7 Å². The lowest BCUT2D eigenvalue weighted by Crippen LogP contribution is -2.55. The number of aromatic nitrogens is 1. The summed E-state index contributed by atoms with van der Waals surface area (Å²) in [5.41, 5.74) is -0.244. The number of carboxylic acids is 1. The molecule has 1 saturated heterocycles. The summed E-state index contributed by atoms with van der Waals surface area (Å²) in [6, 6.07) is 8.71. The maximum atomic E-state index is 12.5. The number of benzene rings is 1. The smallest absolute Gasteiger partial charge is 0.331 e. The van der Waals surface area contributed by atoms with Gasteiger partial charge in [-0.05, 0) is 18.2 Å². The minimum absolute atomic E-state index is 0.0168. The van der Waals surface area contributed by atoms with Gasteiger partial charge in [0.15, 0.2) is 5.54 Å². The van der Waals surface area contributed by atoms with Crippen molar-refractivity contribution in [1.29, 1.82) is 0 Å². The highest BCUT2D eigenvalue weighted by atomic mass is 16.5. The minimum Gasteiger partial charge on any atom is -0.479 e. The molecule has 0 spiro atoms. The third kappa shape index (κ3) is 2.34. The lowest BCUT2D eigenvalue weighted by molar-refractivity contribution is -0.144. The van der Waals surface area contributed by atoms with E-state index in [1.54, 1.807) is 36.5 Å². The van der Waals surface area contributed by atoms with Gasteiger partial charge in [0, 0.05) is 30.2 Å². The highest BCUT2D eigenvalue weighted by Gasteiger charge is 2.44. The average Bonchev–Trinajstić information content (AvgIpc) is 2.96. The van der Waals surface area contributed by atoms with E-state index < -0.39 is 17.4 Å². The molecule has 1 aromatic heterocycles. The average molecular weight is 286 g/mol. The number of ether oxygens (including phenoxy) is 1. The van der Waals surface area contributed by atoms with Gasteiger partial charge >= 0.3 is 5.97 Å². The van der Waals surface area contributed by atoms with Gasteiger partial charge in [-0.2, -0.15) is 0 Å². The quantitative estimate of drug-likeness (QED) is 0.885. The number of carbonyl (C=O) groups excluding carboxylic acids is 1. The molecule has 1 aromatic carbocycles. The normalized spacial score (nSPS) is 21.3. The predicted molar refractivity (Wildman–Crippen MR) is 75.0 cm³/mol. The van der Waals surface area contributed by atoms with E-state index in [2.05, 4.69) is 10.3 Å². The molecule has 1 atom stereocenters. The summed E-state index contributed by atoms with van der Waals surface area (Å²) >= 11 is 0. The van der Waals surface area contributed by atoms with Crippen molar-refractivity contribution >= 4 is 22.8 Å². The second-order valence-corrected chi connectivity index (χ2v) is 5.02. The van der Waals surface area contributed by atoms with Crippen molar-refractivity contribution in [3.63, 3.8) is 0 Å². The SMILES string of the molecule is O=C(NC1(C(=O)O)CCOC1)c1cccc2ncccc12. The van der Waals surface area contributed by atoms with Gasteiger partial charge in [0.05, 0.1) is 12.1 Å². The summed E-state index contributed by atoms with van der Waals surface area (Å²) < 4.78 is 5.14. The Balaban J connectivity index is 1.96. The fourth-order valence-corrected chi connectivity index (χ4v) is 2.47. The van der Waals surface area contributed by atoms with Gasteiger partial charge in [-0.3, -0.25) is 9.78 Å². The zero-order valence-corrected chi connectivity index (χ0v) is 11.2. The van der Waals surface area contributed by atoms with E-state index in [-0.39, 0.29) is 13.0 Å². The Bertz CT molecular complexity index is 702. The van der Waals surface area contributed by atoms with Crippen LogP contribution in [0.2, 0.25) is 0 Å². The minimum atomic E-state index is -1.35. The maximum Gasteiger partial charge on any atom is 0.331 e. The fraction of sp³-hybridized carbons (Fsp3) is 0.267. The van der Waals surface area contributed by atoms with Gasteiger partial charge in [0.25, 0.3) is 5.91 Å². The first-order valence-electron chi connectivity index (χ1n) is 6.60. The third-order valence-corrected chi connectivity index (χ3v) is 3.67. The highest BCUT2D eigenvalue weighted by molar-refractivity contribution is 6.07. The van der Waals surface area contributed by atoms with Gasteiger partial charge < -0.3 is 15.2 Å². The first kappa shape index (κ1) is 13.5. The van der Waals surface area contributed by atoms with E-state index in [0.717, 1.165) is 0 Å². The second kappa shape index (κ2) is 5.14. The Morgan fingerprint density at radius 3 is 2.86 bits per heavy atom. The van der Waals surface area contributed by atoms with Gasteiger partial charge in [-0.15, -0.1) is 0 Å². The zero-order chi connectivity index (χ0) is 14.9. The molecule has 1 amide bonds. The Labute approximate surface area is 120 Å². The number of aliphatic carboxylic acids is 1. The van der Waals surface area contributed by atoms with Crippen LogP contribution in [0.1, 0.15) is 16.8 Å². The van der Waals surface area contributed by atoms with Crippen LogP contribution in [0.5, 0.6) is 0 Å². The van der Waals surface area contributed by atoms with Crippen LogP contribution in [0.25, 0.3) is 10.9 Å². The van der Waals surface area contributed by atoms with Gasteiger partial charge in [-0.25, -0.2) is 4.79 Å². The van der Waals surface area contributed by atoms with Crippen molar-refractivity contribution in [2.45, 2.75) is 12.0 Å². The number of carboxylic acid groups (broad SMARTS) is 1. The van der Waals surface area contributed by atoms with Crippen molar-refractivity contribution in [2.24, 2.45) is 0 Å². The molecule has 1 unspecified atom stereocenters. The fourth-order valence-electron chi connectivity index (χ4n) is 2.47. The summed E-state index contributed by atoms with van der Waals surface area (Å²) in [5.74, 6) is -1.51. The topological polar surface area (TPSA) is 88.5 Å². The molecule has 108 valence electrons. The molecule has 1 fully saturated rings. The van der Waals surface area contributed by atoms with Crippen LogP contribution >= 0.6 is 0 Å². The van der Waals surface area contributed by atoms with E-state index in [1.165, 1.54) is 0 Å². The lowest BCUT2D eigenvalue weighted by atomic mass is 9.97. The molecule has 3 rings (SSSR count). The number of rotatable bonds is 3. The van der Waals surface area contributed by atoms with Gasteiger partial charge in [0.2, 0.25) is 0 Å². The third-order valence-electron chi connectivity index (χ3n) is 3.67. The molecule has 1 aliphatic rings. The number of pyridine rings is 1. The molecule has 6 heteroatoms. The van der Waals surface area contributed by atoms with Crippen molar-refractivity contribution in [2.75, 3.05) is 13.2 Å². The first-order chi connectivity index (χ1) is 10.1. The number of nitrogens with zero attached hydrogens (tertiary/aromatic N) is 1. The standard InChI is InChI=1S/C15H14N2O4/c18-13(17-15(14(19)20)6-8-21-9-15)11-3-1-5-12-10(11)4-2-7-16-12/h1-5,7H,6,8-9H2,(H,17,18)(H,19,20). The zero-order valence-electron chi connectivity index (χ0n) is 11.2. The number of nitrogens with one attached hydrogen (secondary N) is 1. The maximum absolute atomic E-state index is 12.5. The van der Waals surface area contributed by atoms with E-state index >= 15 is 0 Å². The Kier molecular flexibility index (Phi) is 3.31. The summed E-state index contributed by atoms with van der Waals surface area (Å²) in [4.78, 5) is 28.1. The Morgan fingerprint density at radius 1 is 1.29 bits per heavy atom. The molecule has 0 bridgehead atoms. The molecular formula is C15H14N2O4. The molecule has 2 heterocycles. The highest BCUT2D eigenvalue weighted by Crippen LogP contribution is 2.22. The van der Waals surface area contributed by atoms with Crippen LogP contribution in [0.3, 0.4) is 0 Å². The molecule has 6 nitrogen and oxygen atoms in total. The monoisotopic (exact) mass is 286 g/mol. The van der Waals surface area contributed by atoms with Crippen LogP contribution in [-0.2, 0) is 9.53 Å². The van der Waals surface area contributed by atoms with Crippen LogP contribution < -0.4 is 5.32 Å². The molecule has 21 heavy (non-hydrogen) atoms. The van der Waals surface area contributed by atoms with E-state index in [9.17, 15) is 14.7 Å². The predicted octanol–water partition coefficient (Wildman–Crippen LogP) is 1.21. The van der Waals surface area contributed by atoms with Crippen molar-refractivity contribution in [3.8, 4) is 0 Å². The number of amides is 1. The molecule has 1 aliphatic heterocycles. The van der Waals surface area contributed by atoms with Crippen LogP contribution in [0.4, 0.5) is 0 Å². The van der Waals surface area contributed by atoms with E-state index in [0.29, 0.717) is 23.1 Å². The summed E-state index contributed by atoms with van der Waals surface area (Å²) in [6.45, 7) is 0.306. The first-order valence-corrected chi connectivity index (χ1v) is 6.60. The number of fused-ring (bicyclic) bond motifs is 1. The van der Waals surface area contributed by atoms with Crippen molar-refractivity contribution in [1.82, 2.24) is 10.3 Å². The van der Waals surface area contributed by atoms with Crippen LogP contribution in [0, 0.1) is 0 Å². The number of hydrogen-bond acceptors (Lipinski definition) is 4. The number of carbonyl (C=O) groups is 2. The summed E-state index contributed by atoms with van der Waals surface area (Å²) in [7, 11) is 0. The molecule has 0 radical (unpaired) electrons. The van der Waals surface area contributed by atoms with Gasteiger partial charge in [0.1, 0.15) is 0 Å². The lowest BCUT2D eigenvalue weighted by Gasteiger charge is -2.24. The molecule has 0 saturated carbocycles. The molecule has 2 aromatic rings. The van der Waals surface area contributed by atoms with E-state index in [4.69, 9.17) is 4.74 Å². The van der Waals surface area contributed by atoms with Gasteiger partial charge in [-0.1, -0.05) is 12.1 Å². The summed E-state index contributed by atoms with van der Waals surface area (Å²) in [5, 5.41) is 12.7. The Morgan fingerprint density at radius 2 is 2.14 bits per heavy atom. The number of hydrogen-bond donors (Lipinski definition) is 2. The molecule has 2 N–H and O–H groups in total. The summed E-state index contributed by atoms with van der Waals surface area (Å²) in [6.07, 6.45) is 1.91. The second-order valence-electron chi connectivity index (χ2n) is 5.02. The van der Waals surface area contributed by atoms with Crippen molar-refractivity contribution < 1.29 is 19.4 Å². The molecule has 0 aliphatic carbocycles.